The first kappa shape index (κ1) is 26.0. The van der Waals surface area contributed by atoms with Crippen LogP contribution in [0.25, 0.3) is 0 Å². The van der Waals surface area contributed by atoms with Crippen LogP contribution in [0.15, 0.2) is 60.7 Å². The molecule has 0 aliphatic carbocycles. The third-order valence-corrected chi connectivity index (χ3v) is 13.9. The molecule has 0 aliphatic rings. The monoisotopic (exact) mass is 460 g/mol. The van der Waals surface area contributed by atoms with Gasteiger partial charge in [0.05, 0.1) is 0 Å². The third-order valence-electron chi connectivity index (χ3n) is 5.05. The highest BCUT2D eigenvalue weighted by Gasteiger charge is 2.53. The van der Waals surface area contributed by atoms with Crippen molar-refractivity contribution in [2.75, 3.05) is 26.4 Å². The summed E-state index contributed by atoms with van der Waals surface area (Å²) in [4.78, 5) is 0. The lowest BCUT2D eigenvalue weighted by Crippen LogP contribution is -2.66. The molecule has 0 radical (unpaired) electrons. The van der Waals surface area contributed by atoms with Crippen molar-refractivity contribution >= 4 is 27.5 Å². The molecule has 0 unspecified atom stereocenters. The molecule has 0 spiro atoms. The van der Waals surface area contributed by atoms with Gasteiger partial charge >= 0.3 is 17.1 Å². The Balaban J connectivity index is 2.60. The Bertz CT molecular complexity index is 634. The van der Waals surface area contributed by atoms with Gasteiger partial charge < -0.3 is 17.7 Å². The number of hydrogen-bond donors (Lipinski definition) is 0. The lowest BCUT2D eigenvalue weighted by molar-refractivity contribution is 0.161. The quantitative estimate of drug-likeness (QED) is 0.333. The van der Waals surface area contributed by atoms with Crippen molar-refractivity contribution in [1.82, 2.24) is 0 Å². The van der Waals surface area contributed by atoms with Gasteiger partial charge in [0.1, 0.15) is 0 Å². The molecule has 0 N–H and O–H groups in total. The molecular weight excluding hydrogens is 420 g/mol. The summed E-state index contributed by atoms with van der Waals surface area (Å²) in [6.07, 6.45) is 3.79. The Morgan fingerprint density at radius 3 is 1.03 bits per heavy atom. The van der Waals surface area contributed by atoms with Gasteiger partial charge in [-0.3, -0.25) is 0 Å². The highest BCUT2D eigenvalue weighted by molar-refractivity contribution is 6.98. The molecule has 31 heavy (non-hydrogen) atoms. The van der Waals surface area contributed by atoms with Crippen LogP contribution in [0.3, 0.4) is 0 Å². The Morgan fingerprint density at radius 1 is 0.484 bits per heavy atom. The van der Waals surface area contributed by atoms with E-state index in [2.05, 4.69) is 76.2 Å². The van der Waals surface area contributed by atoms with Crippen molar-refractivity contribution in [1.29, 1.82) is 0 Å². The fourth-order valence-electron chi connectivity index (χ4n) is 3.58. The number of benzene rings is 2. The number of hydrogen-bond acceptors (Lipinski definition) is 4. The van der Waals surface area contributed by atoms with Crippen molar-refractivity contribution < 1.29 is 17.7 Å². The molecule has 172 valence electrons. The zero-order chi connectivity index (χ0) is 22.4. The highest BCUT2D eigenvalue weighted by atomic mass is 28.4. The second kappa shape index (κ2) is 14.0. The maximum absolute atomic E-state index is 6.70. The van der Waals surface area contributed by atoms with Gasteiger partial charge in [0.25, 0.3) is 0 Å². The molecule has 0 saturated carbocycles. The SMILES string of the molecule is CCCO[Si](C[Si](OCCC)(OCCC)c1ccccc1)(OCCC)c1ccccc1. The van der Waals surface area contributed by atoms with Crippen molar-refractivity contribution in [3.63, 3.8) is 0 Å². The minimum Gasteiger partial charge on any atom is -0.391 e. The molecule has 0 aliphatic heterocycles. The summed E-state index contributed by atoms with van der Waals surface area (Å²) >= 11 is 0. The van der Waals surface area contributed by atoms with Crippen LogP contribution in [0, 0.1) is 0 Å². The van der Waals surface area contributed by atoms with Gasteiger partial charge in [0.2, 0.25) is 0 Å². The lowest BCUT2D eigenvalue weighted by atomic mass is 10.4. The van der Waals surface area contributed by atoms with Crippen LogP contribution in [0.5, 0.6) is 0 Å². The minimum absolute atomic E-state index is 0.672. The molecule has 4 nitrogen and oxygen atoms in total. The Labute approximate surface area is 191 Å². The predicted molar refractivity (Wildman–Crippen MR) is 133 cm³/mol. The van der Waals surface area contributed by atoms with Crippen LogP contribution in [-0.2, 0) is 17.7 Å². The molecule has 0 saturated heterocycles. The van der Waals surface area contributed by atoms with E-state index < -0.39 is 17.1 Å². The van der Waals surface area contributed by atoms with Gasteiger partial charge in [-0.15, -0.1) is 0 Å². The van der Waals surface area contributed by atoms with E-state index in [-0.39, 0.29) is 0 Å². The van der Waals surface area contributed by atoms with E-state index in [1.165, 1.54) is 0 Å². The minimum atomic E-state index is -2.82. The molecule has 6 heteroatoms. The third kappa shape index (κ3) is 7.37. The van der Waals surface area contributed by atoms with E-state index >= 15 is 0 Å². The van der Waals surface area contributed by atoms with E-state index in [4.69, 9.17) is 17.7 Å². The standard InChI is InChI=1S/C25H40O4Si2/c1-5-19-26-30(27-20-6-2,24-15-11-9-12-16-24)23-31(28-21-7-3,29-22-8-4)25-17-13-10-14-18-25/h9-18H,5-8,19-23H2,1-4H3. The maximum Gasteiger partial charge on any atom is 0.374 e. The molecule has 0 fully saturated rings. The molecule has 2 aromatic rings. The summed E-state index contributed by atoms with van der Waals surface area (Å²) in [5, 5.41) is 2.31. The summed E-state index contributed by atoms with van der Waals surface area (Å²) in [6.45, 7) is 11.3. The average Bonchev–Trinajstić information content (AvgIpc) is 2.83. The predicted octanol–water partition coefficient (Wildman–Crippen LogP) is 4.93. The molecule has 2 aromatic carbocycles. The largest absolute Gasteiger partial charge is 0.391 e. The van der Waals surface area contributed by atoms with Crippen LogP contribution < -0.4 is 10.4 Å². The normalized spacial score (nSPS) is 12.3. The van der Waals surface area contributed by atoms with E-state index in [0.717, 1.165) is 36.1 Å². The van der Waals surface area contributed by atoms with Crippen LogP contribution in [-0.4, -0.2) is 43.5 Å². The summed E-state index contributed by atoms with van der Waals surface area (Å²) in [5.41, 5.74) is 0.689. The molecular formula is C25H40O4Si2. The van der Waals surface area contributed by atoms with Crippen molar-refractivity contribution in [3.8, 4) is 0 Å². The van der Waals surface area contributed by atoms with Crippen LogP contribution in [0.2, 0.25) is 5.67 Å². The van der Waals surface area contributed by atoms with E-state index in [1.807, 2.05) is 12.1 Å². The van der Waals surface area contributed by atoms with Crippen LogP contribution in [0.1, 0.15) is 53.4 Å². The fourth-order valence-corrected chi connectivity index (χ4v) is 13.7. The number of rotatable bonds is 16. The Hall–Kier alpha value is -1.29. The summed E-state index contributed by atoms with van der Waals surface area (Å²) in [6, 6.07) is 21.0. The van der Waals surface area contributed by atoms with Gasteiger partial charge in [-0.25, -0.2) is 0 Å². The first-order valence-corrected chi connectivity index (χ1v) is 15.9. The molecule has 0 atom stereocenters. The lowest BCUT2D eigenvalue weighted by Gasteiger charge is -2.39. The molecule has 0 heterocycles. The molecule has 0 bridgehead atoms. The second-order valence-corrected chi connectivity index (χ2v) is 14.5. The summed E-state index contributed by atoms with van der Waals surface area (Å²) in [5.74, 6) is 0. The summed E-state index contributed by atoms with van der Waals surface area (Å²) < 4.78 is 26.8. The van der Waals surface area contributed by atoms with Crippen LogP contribution in [0.4, 0.5) is 0 Å². The van der Waals surface area contributed by atoms with Gasteiger partial charge in [-0.2, -0.15) is 0 Å². The van der Waals surface area contributed by atoms with Crippen molar-refractivity contribution in [2.45, 2.75) is 59.0 Å². The molecule has 0 amide bonds. The smallest absolute Gasteiger partial charge is 0.374 e. The molecule has 2 rings (SSSR count). The van der Waals surface area contributed by atoms with Gasteiger partial charge in [0, 0.05) is 32.1 Å². The maximum atomic E-state index is 6.70. The van der Waals surface area contributed by atoms with E-state index in [0.29, 0.717) is 32.1 Å². The fraction of sp³-hybridized carbons (Fsp3) is 0.520. The molecule has 0 aromatic heterocycles. The Morgan fingerprint density at radius 2 is 0.774 bits per heavy atom. The zero-order valence-electron chi connectivity index (χ0n) is 19.8. The zero-order valence-corrected chi connectivity index (χ0v) is 21.8. The van der Waals surface area contributed by atoms with Gasteiger partial charge in [0.15, 0.2) is 0 Å². The highest BCUT2D eigenvalue weighted by Crippen LogP contribution is 2.26. The Kier molecular flexibility index (Phi) is 11.7. The first-order chi connectivity index (χ1) is 15.2. The average molecular weight is 461 g/mol. The topological polar surface area (TPSA) is 36.9 Å². The van der Waals surface area contributed by atoms with Crippen molar-refractivity contribution in [2.24, 2.45) is 0 Å². The first-order valence-electron chi connectivity index (χ1n) is 11.8. The van der Waals surface area contributed by atoms with E-state index in [9.17, 15) is 0 Å². The van der Waals surface area contributed by atoms with Crippen molar-refractivity contribution in [3.05, 3.63) is 60.7 Å². The van der Waals surface area contributed by atoms with E-state index in [1.54, 1.807) is 0 Å². The van der Waals surface area contributed by atoms with Crippen LogP contribution >= 0.6 is 0 Å². The van der Waals surface area contributed by atoms with Gasteiger partial charge in [-0.05, 0) is 36.1 Å². The summed E-state index contributed by atoms with van der Waals surface area (Å²) in [7, 11) is -5.64. The van der Waals surface area contributed by atoms with Gasteiger partial charge in [-0.1, -0.05) is 88.4 Å². The second-order valence-electron chi connectivity index (χ2n) is 7.81.